The fourth-order valence-corrected chi connectivity index (χ4v) is 1.57. The van der Waals surface area contributed by atoms with E-state index >= 15 is 0 Å². The zero-order valence-electron chi connectivity index (χ0n) is 6.69. The Bertz CT molecular complexity index is 395. The summed E-state index contributed by atoms with van der Waals surface area (Å²) < 4.78 is 22.4. The molecule has 0 aliphatic carbocycles. The zero-order chi connectivity index (χ0) is 9.19. The lowest BCUT2D eigenvalue weighted by Gasteiger charge is -1.97. The number of hydrogen-bond acceptors (Lipinski definition) is 3. The smallest absolute Gasteiger partial charge is 0.199 e. The normalized spacial score (nSPS) is 11.1. The van der Waals surface area contributed by atoms with E-state index in [9.17, 15) is 8.42 Å². The molecular weight excluding hydrogens is 174 g/mol. The van der Waals surface area contributed by atoms with Crippen molar-refractivity contribution in [3.05, 3.63) is 36.0 Å². The summed E-state index contributed by atoms with van der Waals surface area (Å²) in [7, 11) is -3.30. The first-order chi connectivity index (χ1) is 5.56. The lowest BCUT2D eigenvalue weighted by Crippen LogP contribution is -1.96. The van der Waals surface area contributed by atoms with Crippen molar-refractivity contribution in [3.63, 3.8) is 0 Å². The van der Waals surface area contributed by atoms with Crippen LogP contribution in [0.25, 0.3) is 0 Å². The Morgan fingerprint density at radius 1 is 1.58 bits per heavy atom. The maximum absolute atomic E-state index is 11.2. The van der Waals surface area contributed by atoms with Gasteiger partial charge < -0.3 is 0 Å². The van der Waals surface area contributed by atoms with E-state index in [1.807, 2.05) is 0 Å². The Hall–Kier alpha value is -1.16. The molecule has 0 saturated heterocycles. The highest BCUT2D eigenvalue weighted by Crippen LogP contribution is 2.10. The quantitative estimate of drug-likeness (QED) is 0.694. The summed E-state index contributed by atoms with van der Waals surface area (Å²) in [6, 6.07) is 2.96. The number of aromatic nitrogens is 1. The van der Waals surface area contributed by atoms with Crippen LogP contribution in [0.15, 0.2) is 35.2 Å². The predicted molar refractivity (Wildman–Crippen MR) is 46.4 cm³/mol. The monoisotopic (exact) mass is 183 g/mol. The van der Waals surface area contributed by atoms with Crippen LogP contribution >= 0.6 is 0 Å². The van der Waals surface area contributed by atoms with Gasteiger partial charge in [0.25, 0.3) is 0 Å². The molecule has 0 aromatic carbocycles. The van der Waals surface area contributed by atoms with E-state index in [0.29, 0.717) is 5.69 Å². The van der Waals surface area contributed by atoms with Crippen LogP contribution in [0.5, 0.6) is 0 Å². The van der Waals surface area contributed by atoms with Crippen LogP contribution in [0.4, 0.5) is 0 Å². The molecule has 0 spiro atoms. The standard InChI is InChI=1S/C8H9NO2S/c1-3-12(10,11)8-4-5-9-7(2)6-8/h3-6H,1H2,2H3. The number of hydrogen-bond donors (Lipinski definition) is 0. The molecule has 0 aliphatic heterocycles. The molecule has 64 valence electrons. The van der Waals surface area contributed by atoms with Crippen molar-refractivity contribution in [1.29, 1.82) is 0 Å². The van der Waals surface area contributed by atoms with E-state index in [1.165, 1.54) is 18.3 Å². The van der Waals surface area contributed by atoms with Crippen LogP contribution in [-0.4, -0.2) is 13.4 Å². The van der Waals surface area contributed by atoms with Gasteiger partial charge >= 0.3 is 0 Å². The van der Waals surface area contributed by atoms with E-state index in [0.717, 1.165) is 5.41 Å². The summed E-state index contributed by atoms with van der Waals surface area (Å²) in [6.45, 7) is 4.97. The van der Waals surface area contributed by atoms with Crippen molar-refractivity contribution in [2.24, 2.45) is 0 Å². The average Bonchev–Trinajstić information content (AvgIpc) is 2.05. The zero-order valence-corrected chi connectivity index (χ0v) is 7.50. The summed E-state index contributed by atoms with van der Waals surface area (Å²) in [5.41, 5.74) is 0.679. The molecule has 4 heteroatoms. The number of aryl methyl sites for hydroxylation is 1. The van der Waals surface area contributed by atoms with Gasteiger partial charge in [-0.25, -0.2) is 8.42 Å². The van der Waals surface area contributed by atoms with Crippen LogP contribution in [-0.2, 0) is 9.84 Å². The SMILES string of the molecule is C=CS(=O)(=O)c1ccnc(C)c1. The summed E-state index contributed by atoms with van der Waals surface area (Å²) in [6.07, 6.45) is 1.46. The van der Waals surface area contributed by atoms with Gasteiger partial charge in [-0.3, -0.25) is 4.98 Å². The van der Waals surface area contributed by atoms with Gasteiger partial charge in [0.1, 0.15) is 0 Å². The third kappa shape index (κ3) is 1.71. The van der Waals surface area contributed by atoms with Crippen LogP contribution in [0.2, 0.25) is 0 Å². The van der Waals surface area contributed by atoms with Gasteiger partial charge in [-0.15, -0.1) is 0 Å². The van der Waals surface area contributed by atoms with Crippen molar-refractivity contribution < 1.29 is 8.42 Å². The van der Waals surface area contributed by atoms with E-state index < -0.39 is 9.84 Å². The molecule has 0 atom stereocenters. The molecule has 0 fully saturated rings. The van der Waals surface area contributed by atoms with E-state index in [2.05, 4.69) is 11.6 Å². The first-order valence-corrected chi connectivity index (χ1v) is 4.91. The van der Waals surface area contributed by atoms with Gasteiger partial charge in [0.15, 0.2) is 9.84 Å². The third-order valence-corrected chi connectivity index (χ3v) is 2.77. The van der Waals surface area contributed by atoms with Crippen molar-refractivity contribution >= 4 is 9.84 Å². The number of sulfone groups is 1. The highest BCUT2D eigenvalue weighted by atomic mass is 32.2. The van der Waals surface area contributed by atoms with Crippen LogP contribution in [0, 0.1) is 6.92 Å². The Morgan fingerprint density at radius 3 is 2.75 bits per heavy atom. The summed E-state index contributed by atoms with van der Waals surface area (Å²) in [4.78, 5) is 4.13. The summed E-state index contributed by atoms with van der Waals surface area (Å²) in [5, 5.41) is 0.932. The molecule has 0 aliphatic rings. The van der Waals surface area contributed by atoms with Gasteiger partial charge in [-0.05, 0) is 19.1 Å². The molecule has 1 aromatic rings. The van der Waals surface area contributed by atoms with Crippen LogP contribution in [0.3, 0.4) is 0 Å². The van der Waals surface area contributed by atoms with Gasteiger partial charge in [-0.2, -0.15) is 0 Å². The first-order valence-electron chi connectivity index (χ1n) is 3.36. The fraction of sp³-hybridized carbons (Fsp3) is 0.125. The minimum absolute atomic E-state index is 0.241. The second kappa shape index (κ2) is 3.06. The van der Waals surface area contributed by atoms with Crippen LogP contribution in [0.1, 0.15) is 5.69 Å². The summed E-state index contributed by atoms with van der Waals surface area (Å²) in [5.74, 6) is 0. The molecule has 12 heavy (non-hydrogen) atoms. The second-order valence-electron chi connectivity index (χ2n) is 2.34. The number of nitrogens with zero attached hydrogens (tertiary/aromatic N) is 1. The topological polar surface area (TPSA) is 47.0 Å². The number of rotatable bonds is 2. The lowest BCUT2D eigenvalue weighted by molar-refractivity contribution is 0.604. The minimum Gasteiger partial charge on any atom is -0.262 e. The first kappa shape index (κ1) is 8.93. The molecule has 0 saturated carbocycles. The highest BCUT2D eigenvalue weighted by Gasteiger charge is 2.08. The van der Waals surface area contributed by atoms with Gasteiger partial charge in [-0.1, -0.05) is 6.58 Å². The molecule has 0 unspecified atom stereocenters. The Labute approximate surface area is 71.7 Å². The molecule has 1 rings (SSSR count). The molecule has 0 amide bonds. The Morgan fingerprint density at radius 2 is 2.25 bits per heavy atom. The van der Waals surface area contributed by atoms with Crippen molar-refractivity contribution in [2.45, 2.75) is 11.8 Å². The fourth-order valence-electron chi connectivity index (χ4n) is 0.793. The highest BCUT2D eigenvalue weighted by molar-refractivity contribution is 7.94. The largest absolute Gasteiger partial charge is 0.262 e. The second-order valence-corrected chi connectivity index (χ2v) is 4.24. The minimum atomic E-state index is -3.30. The maximum atomic E-state index is 11.2. The summed E-state index contributed by atoms with van der Waals surface area (Å²) >= 11 is 0. The number of pyridine rings is 1. The molecule has 0 radical (unpaired) electrons. The van der Waals surface area contributed by atoms with E-state index in [4.69, 9.17) is 0 Å². The Balaban J connectivity index is 3.30. The van der Waals surface area contributed by atoms with Crippen LogP contribution < -0.4 is 0 Å². The predicted octanol–water partition coefficient (Wildman–Crippen LogP) is 1.31. The van der Waals surface area contributed by atoms with Gasteiger partial charge in [0, 0.05) is 17.3 Å². The van der Waals surface area contributed by atoms with Crippen molar-refractivity contribution in [2.75, 3.05) is 0 Å². The van der Waals surface area contributed by atoms with Gasteiger partial charge in [0.05, 0.1) is 4.90 Å². The molecule has 1 heterocycles. The van der Waals surface area contributed by atoms with Crippen molar-refractivity contribution in [3.8, 4) is 0 Å². The molecular formula is C8H9NO2S. The molecule has 0 bridgehead atoms. The van der Waals surface area contributed by atoms with E-state index in [1.54, 1.807) is 6.92 Å². The third-order valence-electron chi connectivity index (χ3n) is 1.42. The molecule has 0 N–H and O–H groups in total. The molecule has 3 nitrogen and oxygen atoms in total. The molecule has 1 aromatic heterocycles. The average molecular weight is 183 g/mol. The van der Waals surface area contributed by atoms with Gasteiger partial charge in [0.2, 0.25) is 0 Å². The van der Waals surface area contributed by atoms with E-state index in [-0.39, 0.29) is 4.90 Å². The Kier molecular flexibility index (Phi) is 2.28. The lowest BCUT2D eigenvalue weighted by atomic mass is 10.4. The maximum Gasteiger partial charge on any atom is 0.199 e. The van der Waals surface area contributed by atoms with Crippen molar-refractivity contribution in [1.82, 2.24) is 4.98 Å².